The summed E-state index contributed by atoms with van der Waals surface area (Å²) in [5.74, 6) is -0.338. The van der Waals surface area contributed by atoms with E-state index in [4.69, 9.17) is 4.74 Å². The first-order valence-corrected chi connectivity index (χ1v) is 4.50. The number of esters is 1. The molecule has 3 heteroatoms. The lowest BCUT2D eigenvalue weighted by Crippen LogP contribution is -1.98. The third-order valence-electron chi connectivity index (χ3n) is 1.61. The number of aryl methyl sites for hydroxylation is 1. The Morgan fingerprint density at radius 1 is 1.57 bits per heavy atom. The van der Waals surface area contributed by atoms with E-state index < -0.39 is 0 Å². The van der Waals surface area contributed by atoms with Gasteiger partial charge in [0.2, 0.25) is 0 Å². The van der Waals surface area contributed by atoms with Gasteiger partial charge in [0, 0.05) is 12.3 Å². The fraction of sp³-hybridized carbons (Fsp3) is 0.273. The van der Waals surface area contributed by atoms with Crippen LogP contribution in [0.5, 0.6) is 0 Å². The van der Waals surface area contributed by atoms with E-state index in [9.17, 15) is 4.79 Å². The molecule has 1 aromatic heterocycles. The van der Waals surface area contributed by atoms with Crippen LogP contribution in [0.3, 0.4) is 0 Å². The van der Waals surface area contributed by atoms with Gasteiger partial charge in [0.25, 0.3) is 0 Å². The second-order valence-electron chi connectivity index (χ2n) is 2.85. The van der Waals surface area contributed by atoms with Crippen molar-refractivity contribution in [1.82, 2.24) is 4.98 Å². The average molecular weight is 191 g/mol. The van der Waals surface area contributed by atoms with Crippen LogP contribution in [0.25, 0.3) is 6.08 Å². The maximum atomic E-state index is 10.9. The molecule has 0 aromatic carbocycles. The maximum Gasteiger partial charge on any atom is 0.330 e. The molecule has 0 radical (unpaired) electrons. The quantitative estimate of drug-likeness (QED) is 0.541. The molecule has 0 saturated heterocycles. The summed E-state index contributed by atoms with van der Waals surface area (Å²) in [7, 11) is 0. The largest absolute Gasteiger partial charge is 0.463 e. The Bertz CT molecular complexity index is 328. The zero-order chi connectivity index (χ0) is 10.4. The first-order valence-electron chi connectivity index (χ1n) is 4.50. The number of aromatic nitrogens is 1. The molecule has 0 spiro atoms. The predicted octanol–water partition coefficient (Wildman–Crippen LogP) is 1.97. The number of hydrogen-bond donors (Lipinski definition) is 0. The summed E-state index contributed by atoms with van der Waals surface area (Å²) in [6.07, 6.45) is 4.77. The Kier molecular flexibility index (Phi) is 3.85. The highest BCUT2D eigenvalue weighted by Gasteiger charge is 1.93. The number of rotatable bonds is 3. The van der Waals surface area contributed by atoms with Gasteiger partial charge in [-0.05, 0) is 31.6 Å². The van der Waals surface area contributed by atoms with Crippen LogP contribution in [-0.2, 0) is 9.53 Å². The van der Waals surface area contributed by atoms with Crippen molar-refractivity contribution in [3.63, 3.8) is 0 Å². The number of hydrogen-bond acceptors (Lipinski definition) is 3. The summed E-state index contributed by atoms with van der Waals surface area (Å²) in [6.45, 7) is 4.13. The lowest BCUT2D eigenvalue weighted by Gasteiger charge is -1.95. The molecule has 0 atom stereocenters. The molecule has 1 rings (SSSR count). The Labute approximate surface area is 83.4 Å². The van der Waals surface area contributed by atoms with Crippen LogP contribution in [0.2, 0.25) is 0 Å². The molecule has 74 valence electrons. The third kappa shape index (κ3) is 3.39. The number of carbonyl (C=O) groups is 1. The van der Waals surface area contributed by atoms with E-state index in [1.807, 2.05) is 19.1 Å². The third-order valence-corrected chi connectivity index (χ3v) is 1.61. The van der Waals surface area contributed by atoms with Crippen LogP contribution in [0, 0.1) is 6.92 Å². The highest BCUT2D eigenvalue weighted by atomic mass is 16.5. The fourth-order valence-electron chi connectivity index (χ4n) is 0.922. The summed E-state index contributed by atoms with van der Waals surface area (Å²) in [6, 6.07) is 3.79. The van der Waals surface area contributed by atoms with Gasteiger partial charge in [-0.15, -0.1) is 0 Å². The molecular formula is C11H13NO2. The van der Waals surface area contributed by atoms with Gasteiger partial charge in [-0.2, -0.15) is 0 Å². The van der Waals surface area contributed by atoms with Gasteiger partial charge in [0.1, 0.15) is 0 Å². The summed E-state index contributed by atoms with van der Waals surface area (Å²) in [5.41, 5.74) is 1.85. The Hall–Kier alpha value is -1.64. The molecule has 0 fully saturated rings. The molecule has 0 amide bonds. The van der Waals surface area contributed by atoms with Gasteiger partial charge in [-0.3, -0.25) is 4.98 Å². The topological polar surface area (TPSA) is 39.2 Å². The highest BCUT2D eigenvalue weighted by Crippen LogP contribution is 2.00. The molecule has 0 aliphatic heterocycles. The first kappa shape index (κ1) is 10.4. The molecule has 1 aromatic rings. The minimum atomic E-state index is -0.338. The summed E-state index contributed by atoms with van der Waals surface area (Å²) < 4.78 is 4.73. The average Bonchev–Trinajstić information content (AvgIpc) is 2.17. The Morgan fingerprint density at radius 3 is 2.93 bits per heavy atom. The van der Waals surface area contributed by atoms with Crippen LogP contribution in [0.15, 0.2) is 24.4 Å². The van der Waals surface area contributed by atoms with Gasteiger partial charge in [-0.1, -0.05) is 6.07 Å². The van der Waals surface area contributed by atoms with E-state index in [1.165, 1.54) is 6.08 Å². The van der Waals surface area contributed by atoms with Gasteiger partial charge in [-0.25, -0.2) is 4.79 Å². The number of nitrogens with zero attached hydrogens (tertiary/aromatic N) is 1. The molecule has 0 bridgehead atoms. The summed E-state index contributed by atoms with van der Waals surface area (Å²) >= 11 is 0. The second-order valence-corrected chi connectivity index (χ2v) is 2.85. The van der Waals surface area contributed by atoms with Gasteiger partial charge in [0.05, 0.1) is 12.3 Å². The zero-order valence-electron chi connectivity index (χ0n) is 8.36. The maximum absolute atomic E-state index is 10.9. The van der Waals surface area contributed by atoms with Gasteiger partial charge in [0.15, 0.2) is 0 Å². The van der Waals surface area contributed by atoms with Crippen molar-refractivity contribution in [3.8, 4) is 0 Å². The van der Waals surface area contributed by atoms with Crippen molar-refractivity contribution in [3.05, 3.63) is 35.7 Å². The van der Waals surface area contributed by atoms with Crippen molar-refractivity contribution < 1.29 is 9.53 Å². The molecule has 3 nitrogen and oxygen atoms in total. The van der Waals surface area contributed by atoms with E-state index in [2.05, 4.69) is 4.98 Å². The molecule has 1 heterocycles. The van der Waals surface area contributed by atoms with Crippen LogP contribution in [0.1, 0.15) is 18.2 Å². The molecule has 0 N–H and O–H groups in total. The minimum absolute atomic E-state index is 0.338. The molecule has 0 unspecified atom stereocenters. The van der Waals surface area contributed by atoms with E-state index in [-0.39, 0.29) is 5.97 Å². The summed E-state index contributed by atoms with van der Waals surface area (Å²) in [4.78, 5) is 15.1. The van der Waals surface area contributed by atoms with Crippen LogP contribution >= 0.6 is 0 Å². The van der Waals surface area contributed by atoms with Crippen LogP contribution in [0.4, 0.5) is 0 Å². The van der Waals surface area contributed by atoms with Crippen molar-refractivity contribution >= 4 is 12.0 Å². The van der Waals surface area contributed by atoms with E-state index >= 15 is 0 Å². The Balaban J connectivity index is 2.60. The first-order chi connectivity index (χ1) is 6.72. The molecular weight excluding hydrogens is 178 g/mol. The fourth-order valence-corrected chi connectivity index (χ4v) is 0.922. The normalized spacial score (nSPS) is 10.4. The second kappa shape index (κ2) is 5.17. The molecule has 0 aliphatic rings. The monoisotopic (exact) mass is 191 g/mol. The van der Waals surface area contributed by atoms with Crippen molar-refractivity contribution in [1.29, 1.82) is 0 Å². The van der Waals surface area contributed by atoms with Gasteiger partial charge >= 0.3 is 5.97 Å². The van der Waals surface area contributed by atoms with Gasteiger partial charge < -0.3 is 4.74 Å². The lowest BCUT2D eigenvalue weighted by molar-refractivity contribution is -0.137. The van der Waals surface area contributed by atoms with Crippen molar-refractivity contribution in [2.24, 2.45) is 0 Å². The molecule has 0 saturated carbocycles. The van der Waals surface area contributed by atoms with E-state index in [1.54, 1.807) is 19.2 Å². The zero-order valence-corrected chi connectivity index (χ0v) is 8.36. The Morgan fingerprint density at radius 2 is 2.36 bits per heavy atom. The molecule has 0 aliphatic carbocycles. The minimum Gasteiger partial charge on any atom is -0.463 e. The van der Waals surface area contributed by atoms with Crippen molar-refractivity contribution in [2.45, 2.75) is 13.8 Å². The van der Waals surface area contributed by atoms with E-state index in [0.29, 0.717) is 6.61 Å². The van der Waals surface area contributed by atoms with E-state index in [0.717, 1.165) is 11.3 Å². The van der Waals surface area contributed by atoms with Crippen LogP contribution in [-0.4, -0.2) is 17.6 Å². The number of carbonyl (C=O) groups excluding carboxylic acids is 1. The molecule has 14 heavy (non-hydrogen) atoms. The lowest BCUT2D eigenvalue weighted by atomic mass is 10.2. The van der Waals surface area contributed by atoms with Crippen molar-refractivity contribution in [2.75, 3.05) is 6.61 Å². The number of ether oxygens (including phenoxy) is 1. The smallest absolute Gasteiger partial charge is 0.330 e. The standard InChI is InChI=1S/C11H13NO2/c1-3-14-11(13)7-6-10-5-4-9(2)8-12-10/h4-8H,3H2,1-2H3/b7-6+. The predicted molar refractivity (Wildman–Crippen MR) is 54.6 cm³/mol. The summed E-state index contributed by atoms with van der Waals surface area (Å²) in [5, 5.41) is 0. The highest BCUT2D eigenvalue weighted by molar-refractivity contribution is 5.86. The number of pyridine rings is 1. The van der Waals surface area contributed by atoms with Crippen LogP contribution < -0.4 is 0 Å². The SMILES string of the molecule is CCOC(=O)/C=C/c1ccc(C)cn1.